The second-order valence-corrected chi connectivity index (χ2v) is 10.8. The van der Waals surface area contributed by atoms with E-state index >= 15 is 0 Å². The fourth-order valence-electron chi connectivity index (χ4n) is 3.89. The normalized spacial score (nSPS) is 19.6. The van der Waals surface area contributed by atoms with Gasteiger partial charge in [0.1, 0.15) is 6.61 Å². The summed E-state index contributed by atoms with van der Waals surface area (Å²) < 4.78 is 25.2. The molecule has 0 spiro atoms. The van der Waals surface area contributed by atoms with Gasteiger partial charge in [-0.15, -0.1) is 0 Å². The van der Waals surface area contributed by atoms with Crippen molar-refractivity contribution < 1.29 is 13.3 Å². The van der Waals surface area contributed by atoms with E-state index in [1.165, 1.54) is 0 Å². The maximum absolute atomic E-state index is 13.0. The van der Waals surface area contributed by atoms with Crippen molar-refractivity contribution in [1.29, 1.82) is 0 Å². The predicted molar refractivity (Wildman–Crippen MR) is 115 cm³/mol. The van der Waals surface area contributed by atoms with E-state index in [1.54, 1.807) is 24.3 Å². The fourth-order valence-corrected chi connectivity index (χ4v) is 5.45. The Bertz CT molecular complexity index is 729. The molecule has 0 radical (unpaired) electrons. The molecule has 158 valence electrons. The van der Waals surface area contributed by atoms with Crippen LogP contribution in [0.2, 0.25) is 0 Å². The van der Waals surface area contributed by atoms with E-state index in [1.807, 2.05) is 26.8 Å². The molecule has 0 N–H and O–H groups in total. The SMILES string of the molecule is CCON=C(CC)C1CCCN(CCCC(C)(C)S(=O)(=O)c2ccccc2)C1. The zero-order valence-corrected chi connectivity index (χ0v) is 18.7. The molecule has 1 aromatic carbocycles. The summed E-state index contributed by atoms with van der Waals surface area (Å²) in [5, 5.41) is 4.31. The van der Waals surface area contributed by atoms with Crippen LogP contribution in [0.4, 0.5) is 0 Å². The first-order valence-electron chi connectivity index (χ1n) is 10.5. The van der Waals surface area contributed by atoms with Gasteiger partial charge < -0.3 is 9.74 Å². The molecular weight excluding hydrogens is 372 g/mol. The smallest absolute Gasteiger partial charge is 0.183 e. The molecule has 1 saturated heterocycles. The number of likely N-dealkylation sites (tertiary alicyclic amines) is 1. The zero-order valence-electron chi connectivity index (χ0n) is 17.9. The second kappa shape index (κ2) is 10.4. The topological polar surface area (TPSA) is 59.0 Å². The third-order valence-corrected chi connectivity index (χ3v) is 8.24. The van der Waals surface area contributed by atoms with Crippen LogP contribution in [-0.2, 0) is 14.7 Å². The van der Waals surface area contributed by atoms with Crippen molar-refractivity contribution in [3.05, 3.63) is 30.3 Å². The Labute approximate surface area is 171 Å². The largest absolute Gasteiger partial charge is 0.396 e. The van der Waals surface area contributed by atoms with Crippen LogP contribution >= 0.6 is 0 Å². The maximum atomic E-state index is 13.0. The van der Waals surface area contributed by atoms with Crippen LogP contribution in [0.1, 0.15) is 59.8 Å². The lowest BCUT2D eigenvalue weighted by Gasteiger charge is -2.34. The van der Waals surface area contributed by atoms with Gasteiger partial charge in [0.05, 0.1) is 15.4 Å². The molecule has 2 rings (SSSR count). The van der Waals surface area contributed by atoms with Crippen LogP contribution in [0.5, 0.6) is 0 Å². The Balaban J connectivity index is 1.91. The van der Waals surface area contributed by atoms with Crippen molar-refractivity contribution in [2.24, 2.45) is 11.1 Å². The van der Waals surface area contributed by atoms with Gasteiger partial charge in [0.15, 0.2) is 9.84 Å². The quantitative estimate of drug-likeness (QED) is 0.421. The first-order chi connectivity index (χ1) is 13.3. The van der Waals surface area contributed by atoms with Crippen molar-refractivity contribution >= 4 is 15.5 Å². The molecule has 28 heavy (non-hydrogen) atoms. The Hall–Kier alpha value is -1.40. The summed E-state index contributed by atoms with van der Waals surface area (Å²) in [5.41, 5.74) is 1.15. The summed E-state index contributed by atoms with van der Waals surface area (Å²) >= 11 is 0. The summed E-state index contributed by atoms with van der Waals surface area (Å²) in [4.78, 5) is 8.15. The number of hydrogen-bond acceptors (Lipinski definition) is 5. The third-order valence-electron chi connectivity index (χ3n) is 5.68. The first kappa shape index (κ1) is 22.9. The second-order valence-electron chi connectivity index (χ2n) is 8.17. The van der Waals surface area contributed by atoms with E-state index < -0.39 is 14.6 Å². The third kappa shape index (κ3) is 5.80. The van der Waals surface area contributed by atoms with Crippen LogP contribution in [0.25, 0.3) is 0 Å². The minimum absolute atomic E-state index is 0.415. The lowest BCUT2D eigenvalue weighted by molar-refractivity contribution is 0.150. The van der Waals surface area contributed by atoms with Gasteiger partial charge in [-0.2, -0.15) is 0 Å². The molecule has 1 aliphatic heterocycles. The number of hydrogen-bond donors (Lipinski definition) is 0. The molecule has 5 nitrogen and oxygen atoms in total. The highest BCUT2D eigenvalue weighted by Crippen LogP contribution is 2.30. The van der Waals surface area contributed by atoms with Crippen molar-refractivity contribution in [3.8, 4) is 0 Å². The summed E-state index contributed by atoms with van der Waals surface area (Å²) in [6.45, 7) is 11.4. The highest BCUT2D eigenvalue weighted by atomic mass is 32.2. The molecule has 0 aliphatic carbocycles. The molecule has 1 aliphatic rings. The fraction of sp³-hybridized carbons (Fsp3) is 0.682. The summed E-state index contributed by atoms with van der Waals surface area (Å²) in [7, 11) is -3.33. The zero-order chi connectivity index (χ0) is 20.6. The minimum atomic E-state index is -3.33. The van der Waals surface area contributed by atoms with Gasteiger partial charge >= 0.3 is 0 Å². The van der Waals surface area contributed by atoms with Gasteiger partial charge in [0.25, 0.3) is 0 Å². The van der Waals surface area contributed by atoms with Gasteiger partial charge in [0, 0.05) is 12.5 Å². The first-order valence-corrected chi connectivity index (χ1v) is 12.0. The number of benzene rings is 1. The minimum Gasteiger partial charge on any atom is -0.396 e. The number of sulfone groups is 1. The molecule has 0 saturated carbocycles. The predicted octanol–water partition coefficient (Wildman–Crippen LogP) is 4.53. The molecule has 0 bridgehead atoms. The molecule has 1 heterocycles. The average molecular weight is 409 g/mol. The molecule has 0 aromatic heterocycles. The van der Waals surface area contributed by atoms with E-state index in [4.69, 9.17) is 4.84 Å². The van der Waals surface area contributed by atoms with Crippen LogP contribution < -0.4 is 0 Å². The number of piperidine rings is 1. The molecule has 0 amide bonds. The van der Waals surface area contributed by atoms with Gasteiger partial charge in [-0.25, -0.2) is 8.42 Å². The molecule has 1 atom stereocenters. The van der Waals surface area contributed by atoms with Crippen molar-refractivity contribution in [2.45, 2.75) is 69.4 Å². The highest BCUT2D eigenvalue weighted by molar-refractivity contribution is 7.92. The molecule has 1 fully saturated rings. The average Bonchev–Trinajstić information content (AvgIpc) is 2.69. The van der Waals surface area contributed by atoms with Crippen LogP contribution in [0, 0.1) is 5.92 Å². The summed E-state index contributed by atoms with van der Waals surface area (Å²) in [5.74, 6) is 0.450. The van der Waals surface area contributed by atoms with E-state index in [-0.39, 0.29) is 0 Å². The Morgan fingerprint density at radius 1 is 1.25 bits per heavy atom. The van der Waals surface area contributed by atoms with Crippen molar-refractivity contribution in [2.75, 3.05) is 26.2 Å². The van der Waals surface area contributed by atoms with Gasteiger partial charge in [-0.3, -0.25) is 0 Å². The van der Waals surface area contributed by atoms with Crippen LogP contribution in [-0.4, -0.2) is 50.0 Å². The van der Waals surface area contributed by atoms with Gasteiger partial charge in [-0.1, -0.05) is 30.3 Å². The van der Waals surface area contributed by atoms with Crippen LogP contribution in [0.3, 0.4) is 0 Å². The summed E-state index contributed by atoms with van der Waals surface area (Å²) in [6.07, 6.45) is 4.75. The molecular formula is C22H36N2O3S. The van der Waals surface area contributed by atoms with E-state index in [9.17, 15) is 8.42 Å². The molecule has 1 unspecified atom stereocenters. The lowest BCUT2D eigenvalue weighted by Crippen LogP contribution is -2.40. The van der Waals surface area contributed by atoms with Crippen LogP contribution in [0.15, 0.2) is 40.4 Å². The van der Waals surface area contributed by atoms with E-state index in [2.05, 4.69) is 17.0 Å². The Morgan fingerprint density at radius 3 is 2.61 bits per heavy atom. The molecule has 6 heteroatoms. The Morgan fingerprint density at radius 2 is 1.96 bits per heavy atom. The Kier molecular flexibility index (Phi) is 8.50. The van der Waals surface area contributed by atoms with Crippen molar-refractivity contribution in [1.82, 2.24) is 4.90 Å². The van der Waals surface area contributed by atoms with E-state index in [0.29, 0.717) is 23.8 Å². The van der Waals surface area contributed by atoms with Gasteiger partial charge in [0.2, 0.25) is 0 Å². The number of nitrogens with zero attached hydrogens (tertiary/aromatic N) is 2. The maximum Gasteiger partial charge on any atom is 0.183 e. The van der Waals surface area contributed by atoms with Crippen molar-refractivity contribution in [3.63, 3.8) is 0 Å². The monoisotopic (exact) mass is 408 g/mol. The number of rotatable bonds is 10. The standard InChI is InChI=1S/C22H36N2O3S/c1-5-21(23-27-6-2)19-12-10-16-24(18-19)17-11-15-22(3,4)28(25,26)20-13-8-7-9-14-20/h7-9,13-14,19H,5-6,10-12,15-18H2,1-4H3. The highest BCUT2D eigenvalue weighted by Gasteiger charge is 2.35. The number of oxime groups is 1. The molecule has 1 aromatic rings. The van der Waals surface area contributed by atoms with E-state index in [0.717, 1.165) is 51.0 Å². The lowest BCUT2D eigenvalue weighted by atomic mass is 9.91. The summed E-state index contributed by atoms with van der Waals surface area (Å²) in [6, 6.07) is 8.79. The van der Waals surface area contributed by atoms with Gasteiger partial charge in [-0.05, 0) is 78.1 Å².